The summed E-state index contributed by atoms with van der Waals surface area (Å²) in [6, 6.07) is 3.59. The summed E-state index contributed by atoms with van der Waals surface area (Å²) in [6.07, 6.45) is -0.181. The number of hydrogen-bond acceptors (Lipinski definition) is 6. The first-order chi connectivity index (χ1) is 11.3. The highest BCUT2D eigenvalue weighted by molar-refractivity contribution is 5.97. The number of carbonyl (C=O) groups excluding carboxylic acids is 2. The Morgan fingerprint density at radius 2 is 2.04 bits per heavy atom. The summed E-state index contributed by atoms with van der Waals surface area (Å²) in [6.45, 7) is 3.29. The van der Waals surface area contributed by atoms with E-state index in [9.17, 15) is 29.6 Å². The van der Waals surface area contributed by atoms with Crippen LogP contribution >= 0.6 is 0 Å². The quantitative estimate of drug-likeness (QED) is 0.415. The fourth-order valence-electron chi connectivity index (χ4n) is 2.03. The molecule has 2 atom stereocenters. The first-order valence-corrected chi connectivity index (χ1v) is 7.20. The van der Waals surface area contributed by atoms with Gasteiger partial charge in [0.05, 0.1) is 18.0 Å². The molecule has 1 aromatic carbocycles. The SMILES string of the molecule is CCOC(=O)C[C@H](C)[C@@H](NC(=O)c1cccc([N+](=O)[O-])c1)C(=O)O. The van der Waals surface area contributed by atoms with E-state index in [4.69, 9.17) is 4.74 Å². The van der Waals surface area contributed by atoms with Crippen molar-refractivity contribution in [1.82, 2.24) is 5.32 Å². The zero-order valence-electron chi connectivity index (χ0n) is 13.2. The van der Waals surface area contributed by atoms with E-state index in [-0.39, 0.29) is 24.3 Å². The third kappa shape index (κ3) is 5.34. The molecule has 0 saturated carbocycles. The summed E-state index contributed by atoms with van der Waals surface area (Å²) in [5.41, 5.74) is -0.326. The van der Waals surface area contributed by atoms with Crippen LogP contribution in [0.15, 0.2) is 24.3 Å². The number of hydrogen-bond donors (Lipinski definition) is 2. The molecule has 9 nitrogen and oxygen atoms in total. The first kappa shape index (κ1) is 19.1. The van der Waals surface area contributed by atoms with Gasteiger partial charge in [0.15, 0.2) is 0 Å². The maximum atomic E-state index is 12.1. The fraction of sp³-hybridized carbons (Fsp3) is 0.400. The van der Waals surface area contributed by atoms with E-state index >= 15 is 0 Å². The Morgan fingerprint density at radius 1 is 1.38 bits per heavy atom. The van der Waals surface area contributed by atoms with E-state index in [1.54, 1.807) is 6.92 Å². The van der Waals surface area contributed by atoms with Crippen molar-refractivity contribution in [3.8, 4) is 0 Å². The lowest BCUT2D eigenvalue weighted by Crippen LogP contribution is -2.45. The van der Waals surface area contributed by atoms with Gasteiger partial charge in [0.1, 0.15) is 6.04 Å². The number of nitro benzene ring substituents is 1. The van der Waals surface area contributed by atoms with Gasteiger partial charge in [-0.15, -0.1) is 0 Å². The predicted molar refractivity (Wildman–Crippen MR) is 82.4 cm³/mol. The van der Waals surface area contributed by atoms with Gasteiger partial charge in [-0.25, -0.2) is 4.79 Å². The minimum atomic E-state index is -1.33. The molecule has 1 aromatic rings. The summed E-state index contributed by atoms with van der Waals surface area (Å²) in [7, 11) is 0. The Kier molecular flexibility index (Phi) is 6.84. The number of aliphatic carboxylic acids is 1. The highest BCUT2D eigenvalue weighted by Gasteiger charge is 2.29. The van der Waals surface area contributed by atoms with E-state index in [2.05, 4.69) is 5.32 Å². The summed E-state index contributed by atoms with van der Waals surface area (Å²) in [4.78, 5) is 45.0. The van der Waals surface area contributed by atoms with Crippen LogP contribution in [0.1, 0.15) is 30.6 Å². The van der Waals surface area contributed by atoms with Crippen molar-refractivity contribution in [3.05, 3.63) is 39.9 Å². The Hall–Kier alpha value is -2.97. The number of rotatable bonds is 8. The van der Waals surface area contributed by atoms with Crippen LogP contribution in [-0.4, -0.2) is 40.5 Å². The number of esters is 1. The lowest BCUT2D eigenvalue weighted by molar-refractivity contribution is -0.384. The number of carbonyl (C=O) groups is 3. The van der Waals surface area contributed by atoms with Gasteiger partial charge in [0.2, 0.25) is 0 Å². The molecule has 1 amide bonds. The second-order valence-corrected chi connectivity index (χ2v) is 5.08. The summed E-state index contributed by atoms with van der Waals surface area (Å²) in [5.74, 6) is -3.38. The predicted octanol–water partition coefficient (Wildman–Crippen LogP) is 1.37. The third-order valence-corrected chi connectivity index (χ3v) is 3.23. The van der Waals surface area contributed by atoms with Crippen molar-refractivity contribution in [2.45, 2.75) is 26.3 Å². The van der Waals surface area contributed by atoms with E-state index in [1.165, 1.54) is 25.1 Å². The topological polar surface area (TPSA) is 136 Å². The van der Waals surface area contributed by atoms with E-state index in [1.807, 2.05) is 0 Å². The number of nitrogens with zero attached hydrogens (tertiary/aromatic N) is 1. The number of benzene rings is 1. The minimum Gasteiger partial charge on any atom is -0.480 e. The van der Waals surface area contributed by atoms with Crippen molar-refractivity contribution in [2.24, 2.45) is 5.92 Å². The normalized spacial score (nSPS) is 12.8. The molecule has 9 heteroatoms. The number of amides is 1. The van der Waals surface area contributed by atoms with Crippen molar-refractivity contribution in [1.29, 1.82) is 0 Å². The van der Waals surface area contributed by atoms with Crippen molar-refractivity contribution >= 4 is 23.5 Å². The lowest BCUT2D eigenvalue weighted by Gasteiger charge is -2.20. The van der Waals surface area contributed by atoms with Crippen molar-refractivity contribution in [2.75, 3.05) is 6.61 Å². The molecule has 0 radical (unpaired) electrons. The largest absolute Gasteiger partial charge is 0.480 e. The summed E-state index contributed by atoms with van der Waals surface area (Å²) < 4.78 is 4.75. The number of ether oxygens (including phenoxy) is 1. The smallest absolute Gasteiger partial charge is 0.326 e. The van der Waals surface area contributed by atoms with Gasteiger partial charge >= 0.3 is 11.9 Å². The van der Waals surface area contributed by atoms with Gasteiger partial charge in [-0.1, -0.05) is 13.0 Å². The van der Waals surface area contributed by atoms with Crippen LogP contribution in [0, 0.1) is 16.0 Å². The highest BCUT2D eigenvalue weighted by atomic mass is 16.6. The second-order valence-electron chi connectivity index (χ2n) is 5.08. The van der Waals surface area contributed by atoms with Crippen LogP contribution in [0.4, 0.5) is 5.69 Å². The van der Waals surface area contributed by atoms with Gasteiger partial charge < -0.3 is 15.2 Å². The monoisotopic (exact) mass is 338 g/mol. The molecule has 0 spiro atoms. The molecule has 0 bridgehead atoms. The molecule has 0 aliphatic carbocycles. The van der Waals surface area contributed by atoms with E-state index in [0.717, 1.165) is 6.07 Å². The number of nitro groups is 1. The lowest BCUT2D eigenvalue weighted by atomic mass is 9.98. The molecule has 0 aliphatic rings. The maximum absolute atomic E-state index is 12.1. The summed E-state index contributed by atoms with van der Waals surface area (Å²) >= 11 is 0. The average molecular weight is 338 g/mol. The van der Waals surface area contributed by atoms with Crippen LogP contribution < -0.4 is 5.32 Å². The molecule has 0 saturated heterocycles. The Bertz CT molecular complexity index is 644. The summed E-state index contributed by atoms with van der Waals surface area (Å²) in [5, 5.41) is 22.3. The Morgan fingerprint density at radius 3 is 2.58 bits per heavy atom. The van der Waals surface area contributed by atoms with Gasteiger partial charge in [0, 0.05) is 17.7 Å². The zero-order valence-corrected chi connectivity index (χ0v) is 13.2. The number of nitrogens with one attached hydrogen (secondary N) is 1. The molecule has 24 heavy (non-hydrogen) atoms. The molecule has 0 fully saturated rings. The van der Waals surface area contributed by atoms with E-state index < -0.39 is 34.7 Å². The Labute approximate surface area is 137 Å². The van der Waals surface area contributed by atoms with Gasteiger partial charge in [-0.05, 0) is 18.9 Å². The maximum Gasteiger partial charge on any atom is 0.326 e. The molecule has 130 valence electrons. The van der Waals surface area contributed by atoms with Crippen LogP contribution in [0.2, 0.25) is 0 Å². The van der Waals surface area contributed by atoms with Gasteiger partial charge in [-0.3, -0.25) is 19.7 Å². The zero-order chi connectivity index (χ0) is 18.3. The van der Waals surface area contributed by atoms with Crippen LogP contribution in [0.5, 0.6) is 0 Å². The molecule has 0 unspecified atom stereocenters. The molecule has 0 aliphatic heterocycles. The number of carboxylic acids is 1. The minimum absolute atomic E-state index is 0.0428. The molecule has 2 N–H and O–H groups in total. The van der Waals surface area contributed by atoms with Crippen molar-refractivity contribution in [3.63, 3.8) is 0 Å². The average Bonchev–Trinajstić information content (AvgIpc) is 2.52. The Balaban J connectivity index is 2.86. The molecular formula is C15H18N2O7. The van der Waals surface area contributed by atoms with Crippen LogP contribution in [0.25, 0.3) is 0 Å². The van der Waals surface area contributed by atoms with Crippen LogP contribution in [-0.2, 0) is 14.3 Å². The molecule has 1 rings (SSSR count). The molecule has 0 aromatic heterocycles. The van der Waals surface area contributed by atoms with Crippen molar-refractivity contribution < 1.29 is 29.2 Å². The highest BCUT2D eigenvalue weighted by Crippen LogP contribution is 2.15. The fourth-order valence-corrected chi connectivity index (χ4v) is 2.03. The van der Waals surface area contributed by atoms with Gasteiger partial charge in [0.25, 0.3) is 11.6 Å². The first-order valence-electron chi connectivity index (χ1n) is 7.20. The number of carboxylic acid groups (broad SMARTS) is 1. The third-order valence-electron chi connectivity index (χ3n) is 3.23. The number of non-ortho nitro benzene ring substituents is 1. The standard InChI is InChI=1S/C15H18N2O7/c1-3-24-12(18)7-9(2)13(15(20)21)16-14(19)10-5-4-6-11(8-10)17(22)23/h4-6,8-9,13H,3,7H2,1-2H3,(H,16,19)(H,20,21)/t9-,13+/m0/s1. The van der Waals surface area contributed by atoms with Crippen LogP contribution in [0.3, 0.4) is 0 Å². The van der Waals surface area contributed by atoms with Gasteiger partial charge in [-0.2, -0.15) is 0 Å². The second kappa shape index (κ2) is 8.61. The molecule has 0 heterocycles. The molecular weight excluding hydrogens is 320 g/mol. The van der Waals surface area contributed by atoms with E-state index in [0.29, 0.717) is 0 Å².